The highest BCUT2D eigenvalue weighted by atomic mass is 16.5. The van der Waals surface area contributed by atoms with Crippen LogP contribution in [0.25, 0.3) is 0 Å². The van der Waals surface area contributed by atoms with Crippen LogP contribution >= 0.6 is 0 Å². The van der Waals surface area contributed by atoms with Gasteiger partial charge in [0, 0.05) is 19.0 Å². The number of nitrogens with zero attached hydrogens (tertiary/aromatic N) is 1. The van der Waals surface area contributed by atoms with Crippen molar-refractivity contribution in [2.45, 2.75) is 116 Å². The second kappa shape index (κ2) is 19.5. The average Bonchev–Trinajstić information content (AvgIpc) is 3.24. The molecule has 0 aliphatic heterocycles. The van der Waals surface area contributed by atoms with Gasteiger partial charge in [0.15, 0.2) is 0 Å². The van der Waals surface area contributed by atoms with E-state index in [1.807, 2.05) is 29.1 Å². The molecule has 1 aromatic heterocycles. The normalized spacial score (nSPS) is 12.5. The van der Waals surface area contributed by atoms with Crippen LogP contribution in [0.1, 0.15) is 116 Å². The van der Waals surface area contributed by atoms with E-state index >= 15 is 0 Å². The van der Waals surface area contributed by atoms with E-state index in [1.165, 1.54) is 96.3 Å². The summed E-state index contributed by atoms with van der Waals surface area (Å²) in [5.74, 6) is 0. The van der Waals surface area contributed by atoms with Gasteiger partial charge in [-0.2, -0.15) is 0 Å². The number of aliphatic hydroxyl groups excluding tert-OH is 1. The van der Waals surface area contributed by atoms with Crippen LogP contribution in [0.5, 0.6) is 0 Å². The van der Waals surface area contributed by atoms with Crippen molar-refractivity contribution in [1.82, 2.24) is 4.57 Å². The molecule has 1 heterocycles. The fourth-order valence-electron chi connectivity index (χ4n) is 3.80. The SMILES string of the molecule is CCCCCCCCCCCCCCCCCCOCC(CO)n1cccc1. The molecule has 0 saturated heterocycles. The van der Waals surface area contributed by atoms with Crippen LogP contribution in [0.2, 0.25) is 0 Å². The number of unbranched alkanes of at least 4 members (excludes halogenated alkanes) is 15. The molecule has 1 unspecified atom stereocenters. The Morgan fingerprint density at radius 2 is 1.11 bits per heavy atom. The number of aliphatic hydroxyl groups is 1. The Balaban J connectivity index is 1.74. The molecule has 3 nitrogen and oxygen atoms in total. The molecule has 0 saturated carbocycles. The number of hydrogen-bond donors (Lipinski definition) is 1. The predicted octanol–water partition coefficient (Wildman–Crippen LogP) is 7.30. The van der Waals surface area contributed by atoms with E-state index in [-0.39, 0.29) is 12.6 Å². The van der Waals surface area contributed by atoms with Gasteiger partial charge in [-0.05, 0) is 18.6 Å². The van der Waals surface area contributed by atoms with E-state index in [4.69, 9.17) is 4.74 Å². The highest BCUT2D eigenvalue weighted by Crippen LogP contribution is 2.14. The third-order valence-corrected chi connectivity index (χ3v) is 5.71. The summed E-state index contributed by atoms with van der Waals surface area (Å²) in [6, 6.07) is 4.02. The molecule has 1 aromatic rings. The smallest absolute Gasteiger partial charge is 0.0795 e. The summed E-state index contributed by atoms with van der Waals surface area (Å²) in [4.78, 5) is 0. The van der Waals surface area contributed by atoms with Crippen molar-refractivity contribution in [1.29, 1.82) is 0 Å². The lowest BCUT2D eigenvalue weighted by atomic mass is 10.0. The van der Waals surface area contributed by atoms with E-state index in [0.717, 1.165) is 13.0 Å². The lowest BCUT2D eigenvalue weighted by Gasteiger charge is -2.16. The zero-order valence-corrected chi connectivity index (χ0v) is 18.6. The van der Waals surface area contributed by atoms with E-state index in [2.05, 4.69) is 6.92 Å². The molecular formula is C25H47NO2. The van der Waals surface area contributed by atoms with Gasteiger partial charge in [-0.25, -0.2) is 0 Å². The molecule has 1 N–H and O–H groups in total. The first kappa shape index (κ1) is 25.2. The van der Waals surface area contributed by atoms with Gasteiger partial charge in [0.1, 0.15) is 0 Å². The van der Waals surface area contributed by atoms with Crippen molar-refractivity contribution in [3.8, 4) is 0 Å². The van der Waals surface area contributed by atoms with Crippen molar-refractivity contribution in [2.24, 2.45) is 0 Å². The van der Waals surface area contributed by atoms with Crippen LogP contribution < -0.4 is 0 Å². The van der Waals surface area contributed by atoms with E-state index in [0.29, 0.717) is 6.61 Å². The summed E-state index contributed by atoms with van der Waals surface area (Å²) in [6.45, 7) is 3.84. The molecule has 0 aromatic carbocycles. The van der Waals surface area contributed by atoms with Crippen LogP contribution in [0.3, 0.4) is 0 Å². The van der Waals surface area contributed by atoms with Crippen LogP contribution in [0.15, 0.2) is 24.5 Å². The Hall–Kier alpha value is -0.800. The topological polar surface area (TPSA) is 34.4 Å². The number of hydrogen-bond acceptors (Lipinski definition) is 2. The monoisotopic (exact) mass is 393 g/mol. The van der Waals surface area contributed by atoms with Crippen LogP contribution in [-0.2, 0) is 4.74 Å². The second-order valence-corrected chi connectivity index (χ2v) is 8.34. The third-order valence-electron chi connectivity index (χ3n) is 5.71. The van der Waals surface area contributed by atoms with Gasteiger partial charge in [-0.15, -0.1) is 0 Å². The summed E-state index contributed by atoms with van der Waals surface area (Å²) < 4.78 is 7.77. The average molecular weight is 394 g/mol. The van der Waals surface area contributed by atoms with Crippen molar-refractivity contribution in [2.75, 3.05) is 19.8 Å². The maximum atomic E-state index is 9.44. The quantitative estimate of drug-likeness (QED) is 0.222. The van der Waals surface area contributed by atoms with Crippen molar-refractivity contribution in [3.63, 3.8) is 0 Å². The second-order valence-electron chi connectivity index (χ2n) is 8.34. The van der Waals surface area contributed by atoms with Gasteiger partial charge in [0.2, 0.25) is 0 Å². The third kappa shape index (κ3) is 14.2. The molecule has 28 heavy (non-hydrogen) atoms. The van der Waals surface area contributed by atoms with Crippen molar-refractivity contribution >= 4 is 0 Å². The Kier molecular flexibility index (Phi) is 17.6. The summed E-state index contributed by atoms with van der Waals surface area (Å²) in [7, 11) is 0. The van der Waals surface area contributed by atoms with Gasteiger partial charge in [0.25, 0.3) is 0 Å². The van der Waals surface area contributed by atoms with Crippen molar-refractivity contribution < 1.29 is 9.84 Å². The van der Waals surface area contributed by atoms with E-state index in [1.54, 1.807) is 0 Å². The maximum absolute atomic E-state index is 9.44. The van der Waals surface area contributed by atoms with Crippen LogP contribution in [-0.4, -0.2) is 29.5 Å². The number of rotatable bonds is 21. The van der Waals surface area contributed by atoms with E-state index < -0.39 is 0 Å². The minimum Gasteiger partial charge on any atom is -0.394 e. The molecule has 3 heteroatoms. The Morgan fingerprint density at radius 1 is 0.679 bits per heavy atom. The zero-order valence-electron chi connectivity index (χ0n) is 18.6. The van der Waals surface area contributed by atoms with Gasteiger partial charge in [-0.1, -0.05) is 103 Å². The van der Waals surface area contributed by atoms with Gasteiger partial charge >= 0.3 is 0 Å². The Morgan fingerprint density at radius 3 is 1.54 bits per heavy atom. The van der Waals surface area contributed by atoms with E-state index in [9.17, 15) is 5.11 Å². The largest absolute Gasteiger partial charge is 0.394 e. The molecule has 0 spiro atoms. The first-order valence-corrected chi connectivity index (χ1v) is 12.2. The molecule has 0 fully saturated rings. The van der Waals surface area contributed by atoms with Crippen molar-refractivity contribution in [3.05, 3.63) is 24.5 Å². The molecule has 164 valence electrons. The molecule has 0 aliphatic carbocycles. The Labute approximate surface area is 174 Å². The highest BCUT2D eigenvalue weighted by Gasteiger charge is 2.08. The number of aromatic nitrogens is 1. The van der Waals surface area contributed by atoms with Gasteiger partial charge < -0.3 is 14.4 Å². The molecule has 0 bridgehead atoms. The lowest BCUT2D eigenvalue weighted by Crippen LogP contribution is -2.18. The van der Waals surface area contributed by atoms with Gasteiger partial charge in [0.05, 0.1) is 19.3 Å². The zero-order chi connectivity index (χ0) is 20.1. The minimum absolute atomic E-state index is 0.0519. The molecule has 0 amide bonds. The molecule has 0 radical (unpaired) electrons. The fraction of sp³-hybridized carbons (Fsp3) is 0.840. The standard InChI is InChI=1S/C25H47NO2/c1-2-3-4-5-6-7-8-9-10-11-12-13-14-15-16-19-22-28-24-25(23-27)26-20-17-18-21-26/h17-18,20-21,25,27H,2-16,19,22-24H2,1H3. The number of ether oxygens (including phenoxy) is 1. The summed E-state index contributed by atoms with van der Waals surface area (Å²) in [5.41, 5.74) is 0. The lowest BCUT2D eigenvalue weighted by molar-refractivity contribution is 0.0748. The molecule has 1 rings (SSSR count). The molecule has 0 aliphatic rings. The minimum atomic E-state index is 0.0519. The first-order chi connectivity index (χ1) is 13.9. The summed E-state index contributed by atoms with van der Waals surface area (Å²) >= 11 is 0. The fourth-order valence-corrected chi connectivity index (χ4v) is 3.80. The van der Waals surface area contributed by atoms with Gasteiger partial charge in [-0.3, -0.25) is 0 Å². The first-order valence-electron chi connectivity index (χ1n) is 12.2. The Bertz CT molecular complexity index is 405. The van der Waals surface area contributed by atoms with Crippen LogP contribution in [0, 0.1) is 0 Å². The summed E-state index contributed by atoms with van der Waals surface area (Å²) in [6.07, 6.45) is 26.3. The van der Waals surface area contributed by atoms with Crippen LogP contribution in [0.4, 0.5) is 0 Å². The molecular weight excluding hydrogens is 346 g/mol. The summed E-state index contributed by atoms with van der Waals surface area (Å²) in [5, 5.41) is 9.44. The highest BCUT2D eigenvalue weighted by molar-refractivity contribution is 4.93. The molecule has 1 atom stereocenters. The predicted molar refractivity (Wildman–Crippen MR) is 121 cm³/mol. The maximum Gasteiger partial charge on any atom is 0.0795 e.